The van der Waals surface area contributed by atoms with Gasteiger partial charge < -0.3 is 19.0 Å². The molecule has 40 heavy (non-hydrogen) atoms. The monoisotopic (exact) mass is 534 g/mol. The van der Waals surface area contributed by atoms with Crippen molar-refractivity contribution in [3.05, 3.63) is 131 Å². The summed E-state index contributed by atoms with van der Waals surface area (Å²) in [5.74, 6) is -1.82. The molecule has 0 aliphatic rings. The number of rotatable bonds is 8. The van der Waals surface area contributed by atoms with Crippen molar-refractivity contribution in [3.8, 4) is 0 Å². The predicted molar refractivity (Wildman–Crippen MR) is 150 cm³/mol. The average molecular weight is 535 g/mol. The third kappa shape index (κ3) is 6.24. The van der Waals surface area contributed by atoms with Crippen molar-refractivity contribution < 1.29 is 28.6 Å². The van der Waals surface area contributed by atoms with E-state index in [9.17, 15) is 9.59 Å². The number of pyridine rings is 2. The van der Waals surface area contributed by atoms with Gasteiger partial charge in [-0.25, -0.2) is 9.59 Å². The summed E-state index contributed by atoms with van der Waals surface area (Å²) in [6, 6.07) is 19.0. The molecule has 0 unspecified atom stereocenters. The van der Waals surface area contributed by atoms with Crippen molar-refractivity contribution in [1.29, 1.82) is 0 Å². The van der Waals surface area contributed by atoms with Crippen LogP contribution in [0.2, 0.25) is 0 Å². The van der Waals surface area contributed by atoms with Crippen molar-refractivity contribution in [2.24, 2.45) is 0 Å². The Balaban J connectivity index is 0.000000161. The molecular weight excluding hydrogens is 508 g/mol. The van der Waals surface area contributed by atoms with Gasteiger partial charge in [-0.15, -0.1) is 0 Å². The van der Waals surface area contributed by atoms with Crippen LogP contribution in [0.3, 0.4) is 0 Å². The van der Waals surface area contributed by atoms with Gasteiger partial charge in [0.25, 0.3) is 0 Å². The molecule has 2 aromatic carbocycles. The number of carboxylic acids is 2. The van der Waals surface area contributed by atoms with Crippen molar-refractivity contribution in [1.82, 2.24) is 9.97 Å². The molecule has 0 aliphatic carbocycles. The number of aromatic nitrogens is 2. The third-order valence-corrected chi connectivity index (χ3v) is 6.67. The van der Waals surface area contributed by atoms with Crippen LogP contribution in [-0.2, 0) is 25.7 Å². The summed E-state index contributed by atoms with van der Waals surface area (Å²) < 4.78 is 10.7. The Kier molecular flexibility index (Phi) is 7.97. The molecule has 6 aromatic rings. The smallest absolute Gasteiger partial charge is 0.336 e. The highest BCUT2D eigenvalue weighted by molar-refractivity contribution is 5.89. The zero-order valence-electron chi connectivity index (χ0n) is 21.5. The molecule has 0 atom stereocenters. The van der Waals surface area contributed by atoms with Crippen LogP contribution in [0.15, 0.2) is 107 Å². The van der Waals surface area contributed by atoms with Gasteiger partial charge in [0.05, 0.1) is 23.7 Å². The number of hydrogen-bond donors (Lipinski definition) is 2. The first kappa shape index (κ1) is 26.4. The molecule has 0 spiro atoms. The number of carbonyl (C=O) groups is 2. The van der Waals surface area contributed by atoms with E-state index in [1.165, 1.54) is 24.5 Å². The van der Waals surface area contributed by atoms with E-state index in [-0.39, 0.29) is 0 Å². The zero-order valence-corrected chi connectivity index (χ0v) is 21.5. The molecule has 0 amide bonds. The summed E-state index contributed by atoms with van der Waals surface area (Å²) >= 11 is 0. The topological polar surface area (TPSA) is 127 Å². The predicted octanol–water partition coefficient (Wildman–Crippen LogP) is 6.62. The molecule has 4 heterocycles. The van der Waals surface area contributed by atoms with Crippen molar-refractivity contribution >= 4 is 33.9 Å². The highest BCUT2D eigenvalue weighted by Gasteiger charge is 2.11. The maximum Gasteiger partial charge on any atom is 0.336 e. The number of nitrogens with zero attached hydrogens (tertiary/aromatic N) is 2. The molecule has 0 radical (unpaired) electrons. The zero-order chi connectivity index (χ0) is 27.9. The van der Waals surface area contributed by atoms with Crippen LogP contribution in [0.4, 0.5) is 0 Å². The van der Waals surface area contributed by atoms with Crippen LogP contribution in [0, 0.1) is 0 Å². The Morgan fingerprint density at radius 2 is 1.15 bits per heavy atom. The van der Waals surface area contributed by atoms with Crippen LogP contribution in [0.25, 0.3) is 21.9 Å². The lowest BCUT2D eigenvalue weighted by atomic mass is 10.0. The second-order valence-electron chi connectivity index (χ2n) is 9.26. The van der Waals surface area contributed by atoms with Gasteiger partial charge in [0, 0.05) is 35.6 Å². The molecule has 0 bridgehead atoms. The van der Waals surface area contributed by atoms with Crippen LogP contribution >= 0.6 is 0 Å². The molecule has 0 saturated heterocycles. The highest BCUT2D eigenvalue weighted by atomic mass is 16.4. The Morgan fingerprint density at radius 3 is 1.77 bits per heavy atom. The average Bonchev–Trinajstić information content (AvgIpc) is 3.64. The molecule has 200 valence electrons. The first-order valence-electron chi connectivity index (χ1n) is 12.7. The van der Waals surface area contributed by atoms with Crippen molar-refractivity contribution in [2.45, 2.75) is 25.7 Å². The second-order valence-corrected chi connectivity index (χ2v) is 9.26. The van der Waals surface area contributed by atoms with Gasteiger partial charge in [-0.2, -0.15) is 0 Å². The van der Waals surface area contributed by atoms with Crippen LogP contribution in [-0.4, -0.2) is 32.1 Å². The van der Waals surface area contributed by atoms with Gasteiger partial charge in [0.1, 0.15) is 11.2 Å². The van der Waals surface area contributed by atoms with Crippen molar-refractivity contribution in [2.75, 3.05) is 0 Å². The molecule has 8 heteroatoms. The summed E-state index contributed by atoms with van der Waals surface area (Å²) in [4.78, 5) is 30.3. The van der Waals surface area contributed by atoms with Crippen LogP contribution in [0.1, 0.15) is 43.0 Å². The number of aryl methyl sites for hydroxylation is 4. The maximum absolute atomic E-state index is 11.1. The fourth-order valence-corrected chi connectivity index (χ4v) is 4.55. The van der Waals surface area contributed by atoms with Gasteiger partial charge in [0.2, 0.25) is 0 Å². The van der Waals surface area contributed by atoms with Crippen LogP contribution in [0.5, 0.6) is 0 Å². The number of carboxylic acid groups (broad SMARTS) is 2. The minimum Gasteiger partial charge on any atom is -0.478 e. The lowest BCUT2D eigenvalue weighted by Gasteiger charge is -2.05. The fourth-order valence-electron chi connectivity index (χ4n) is 4.55. The van der Waals surface area contributed by atoms with E-state index in [1.807, 2.05) is 42.5 Å². The van der Waals surface area contributed by atoms with E-state index in [2.05, 4.69) is 16.0 Å². The SMILES string of the molecule is O=C(O)c1ccncc1CCc1ccc2ccoc2c1.O=C(O)c1ccncc1CCc1ccc2occc2c1. The number of furan rings is 2. The lowest BCUT2D eigenvalue weighted by molar-refractivity contribution is 0.0684. The Morgan fingerprint density at radius 1 is 0.600 bits per heavy atom. The molecule has 0 fully saturated rings. The summed E-state index contributed by atoms with van der Waals surface area (Å²) in [6.07, 6.45) is 12.4. The van der Waals surface area contributed by atoms with E-state index in [0.717, 1.165) is 57.0 Å². The third-order valence-electron chi connectivity index (χ3n) is 6.67. The molecule has 0 aliphatic heterocycles. The summed E-state index contributed by atoms with van der Waals surface area (Å²) in [5, 5.41) is 20.4. The first-order chi connectivity index (χ1) is 19.5. The van der Waals surface area contributed by atoms with E-state index >= 15 is 0 Å². The van der Waals surface area contributed by atoms with Gasteiger partial charge in [-0.3, -0.25) is 9.97 Å². The van der Waals surface area contributed by atoms with Crippen molar-refractivity contribution in [3.63, 3.8) is 0 Å². The van der Waals surface area contributed by atoms with Gasteiger partial charge in [-0.05, 0) is 90.4 Å². The molecule has 2 N–H and O–H groups in total. The minimum atomic E-state index is -0.913. The van der Waals surface area contributed by atoms with E-state index in [4.69, 9.17) is 19.0 Å². The van der Waals surface area contributed by atoms with E-state index in [0.29, 0.717) is 24.0 Å². The number of benzene rings is 2. The van der Waals surface area contributed by atoms with Gasteiger partial charge >= 0.3 is 11.9 Å². The second kappa shape index (κ2) is 12.1. The molecular formula is C32H26N2O6. The van der Waals surface area contributed by atoms with E-state index in [1.54, 1.807) is 24.9 Å². The molecule has 0 saturated carbocycles. The maximum atomic E-state index is 11.1. The summed E-state index contributed by atoms with van der Waals surface area (Å²) in [7, 11) is 0. The van der Waals surface area contributed by atoms with Gasteiger partial charge in [-0.1, -0.05) is 18.2 Å². The molecule has 8 nitrogen and oxygen atoms in total. The Labute approximate surface area is 229 Å². The lowest BCUT2D eigenvalue weighted by Crippen LogP contribution is -2.04. The minimum absolute atomic E-state index is 0.319. The number of fused-ring (bicyclic) bond motifs is 2. The van der Waals surface area contributed by atoms with Gasteiger partial charge in [0.15, 0.2) is 0 Å². The quantitative estimate of drug-likeness (QED) is 0.223. The van der Waals surface area contributed by atoms with E-state index < -0.39 is 11.9 Å². The number of aromatic carboxylic acids is 2. The van der Waals surface area contributed by atoms with Crippen LogP contribution < -0.4 is 0 Å². The number of hydrogen-bond acceptors (Lipinski definition) is 6. The Bertz CT molecular complexity index is 1650. The normalized spacial score (nSPS) is 10.8. The summed E-state index contributed by atoms with van der Waals surface area (Å²) in [5.41, 5.74) is 6.13. The Hall–Kier alpha value is -5.24. The highest BCUT2D eigenvalue weighted by Crippen LogP contribution is 2.20. The fraction of sp³-hybridized carbons (Fsp3) is 0.125. The largest absolute Gasteiger partial charge is 0.478 e. The summed E-state index contributed by atoms with van der Waals surface area (Å²) in [6.45, 7) is 0. The molecule has 4 aromatic heterocycles. The molecule has 6 rings (SSSR count). The standard InChI is InChI=1S/2C16H13NO3/c18-16(19)14-5-7-17-10-13(14)3-1-11-2-4-15-12(9-11)6-8-20-15;18-16(19)14-5-7-17-10-13(14)4-2-11-1-3-12-6-8-20-15(12)9-11/h2,4-10H,1,3H2,(H,18,19);1,3,5-10H,2,4H2,(H,18,19). The first-order valence-corrected chi connectivity index (χ1v) is 12.7.